The summed E-state index contributed by atoms with van der Waals surface area (Å²) >= 11 is 0. The van der Waals surface area contributed by atoms with E-state index in [1.165, 1.54) is 44.9 Å². The van der Waals surface area contributed by atoms with Crippen molar-refractivity contribution in [3.63, 3.8) is 0 Å². The van der Waals surface area contributed by atoms with Crippen LogP contribution in [-0.4, -0.2) is 36.0 Å². The zero-order valence-corrected chi connectivity index (χ0v) is 12.2. The number of hydrogen-bond donors (Lipinski definition) is 1. The molecule has 3 rings (SSSR count). The van der Waals surface area contributed by atoms with Gasteiger partial charge in [0.15, 0.2) is 0 Å². The molecule has 19 heavy (non-hydrogen) atoms. The van der Waals surface area contributed by atoms with Crippen LogP contribution in [0.1, 0.15) is 58.3 Å². The average molecular weight is 264 g/mol. The second-order valence-electron chi connectivity index (χ2n) is 6.92. The minimum atomic E-state index is 0.103. The molecular weight excluding hydrogens is 236 g/mol. The van der Waals surface area contributed by atoms with Gasteiger partial charge in [0.2, 0.25) is 5.91 Å². The molecule has 1 N–H and O–H groups in total. The first-order chi connectivity index (χ1) is 9.25. The summed E-state index contributed by atoms with van der Waals surface area (Å²) < 4.78 is 0. The Kier molecular flexibility index (Phi) is 4.11. The van der Waals surface area contributed by atoms with Crippen LogP contribution < -0.4 is 5.32 Å². The minimum absolute atomic E-state index is 0.103. The lowest BCUT2D eigenvalue weighted by atomic mass is 9.92. The number of nitrogens with one attached hydrogen (secondary N) is 1. The van der Waals surface area contributed by atoms with Crippen LogP contribution in [-0.2, 0) is 4.79 Å². The molecule has 0 bridgehead atoms. The largest absolute Gasteiger partial charge is 0.338 e. The highest BCUT2D eigenvalue weighted by molar-refractivity contribution is 5.82. The Labute approximate surface area is 117 Å². The van der Waals surface area contributed by atoms with Gasteiger partial charge in [0, 0.05) is 12.6 Å². The lowest BCUT2D eigenvalue weighted by Crippen LogP contribution is -2.52. The predicted octanol–water partition coefficient (Wildman–Crippen LogP) is 2.56. The molecule has 2 heterocycles. The molecule has 3 nitrogen and oxygen atoms in total. The SMILES string of the molecule is CC1CCNC(C(=O)N2CCCC2C2CCCC2)C1. The third-order valence-electron chi connectivity index (χ3n) is 5.49. The van der Waals surface area contributed by atoms with Gasteiger partial charge in [-0.1, -0.05) is 19.8 Å². The lowest BCUT2D eigenvalue weighted by Gasteiger charge is -2.35. The molecule has 1 amide bonds. The first kappa shape index (κ1) is 13.4. The van der Waals surface area contributed by atoms with E-state index < -0.39 is 0 Å². The summed E-state index contributed by atoms with van der Waals surface area (Å²) in [6.45, 7) is 4.30. The van der Waals surface area contributed by atoms with Gasteiger partial charge >= 0.3 is 0 Å². The van der Waals surface area contributed by atoms with Gasteiger partial charge in [0.1, 0.15) is 0 Å². The summed E-state index contributed by atoms with van der Waals surface area (Å²) in [6, 6.07) is 0.666. The Hall–Kier alpha value is -0.570. The van der Waals surface area contributed by atoms with Crippen molar-refractivity contribution >= 4 is 5.91 Å². The molecule has 3 atom stereocenters. The van der Waals surface area contributed by atoms with Crippen LogP contribution in [0.2, 0.25) is 0 Å². The van der Waals surface area contributed by atoms with E-state index in [9.17, 15) is 4.79 Å². The molecule has 0 aromatic rings. The van der Waals surface area contributed by atoms with Crippen LogP contribution in [0.3, 0.4) is 0 Å². The first-order valence-corrected chi connectivity index (χ1v) is 8.29. The van der Waals surface area contributed by atoms with Gasteiger partial charge in [-0.2, -0.15) is 0 Å². The van der Waals surface area contributed by atoms with Crippen LogP contribution in [0.5, 0.6) is 0 Å². The van der Waals surface area contributed by atoms with E-state index in [1.54, 1.807) is 0 Å². The Morgan fingerprint density at radius 2 is 1.89 bits per heavy atom. The van der Waals surface area contributed by atoms with E-state index in [2.05, 4.69) is 17.1 Å². The Morgan fingerprint density at radius 1 is 1.11 bits per heavy atom. The Morgan fingerprint density at radius 3 is 2.63 bits per heavy atom. The normalized spacial score (nSPS) is 36.9. The molecule has 0 aromatic heterocycles. The topological polar surface area (TPSA) is 32.3 Å². The van der Waals surface area contributed by atoms with Crippen molar-refractivity contribution in [3.05, 3.63) is 0 Å². The maximum Gasteiger partial charge on any atom is 0.239 e. The van der Waals surface area contributed by atoms with Crippen molar-refractivity contribution in [2.24, 2.45) is 11.8 Å². The fourth-order valence-electron chi connectivity index (χ4n) is 4.39. The fourth-order valence-corrected chi connectivity index (χ4v) is 4.39. The van der Waals surface area contributed by atoms with E-state index in [1.807, 2.05) is 0 Å². The number of carbonyl (C=O) groups excluding carboxylic acids is 1. The summed E-state index contributed by atoms with van der Waals surface area (Å²) in [6.07, 6.45) is 10.2. The van der Waals surface area contributed by atoms with Gasteiger partial charge in [0.05, 0.1) is 6.04 Å². The molecule has 3 unspecified atom stereocenters. The third-order valence-corrected chi connectivity index (χ3v) is 5.49. The van der Waals surface area contributed by atoms with E-state index in [0.717, 1.165) is 25.4 Å². The molecule has 3 fully saturated rings. The van der Waals surface area contributed by atoms with Crippen molar-refractivity contribution in [2.45, 2.75) is 70.4 Å². The molecule has 2 saturated heterocycles. The van der Waals surface area contributed by atoms with Crippen LogP contribution in [0.25, 0.3) is 0 Å². The average Bonchev–Trinajstić information content (AvgIpc) is 3.08. The van der Waals surface area contributed by atoms with E-state index >= 15 is 0 Å². The van der Waals surface area contributed by atoms with Gasteiger partial charge in [-0.25, -0.2) is 0 Å². The van der Waals surface area contributed by atoms with E-state index in [0.29, 0.717) is 17.9 Å². The summed E-state index contributed by atoms with van der Waals surface area (Å²) in [5.41, 5.74) is 0. The number of likely N-dealkylation sites (tertiary alicyclic amines) is 1. The van der Waals surface area contributed by atoms with Crippen molar-refractivity contribution in [1.82, 2.24) is 10.2 Å². The summed E-state index contributed by atoms with van der Waals surface area (Å²) in [7, 11) is 0. The monoisotopic (exact) mass is 264 g/mol. The van der Waals surface area contributed by atoms with Gasteiger partial charge < -0.3 is 10.2 Å². The molecule has 0 aromatic carbocycles. The summed E-state index contributed by atoms with van der Waals surface area (Å²) in [4.78, 5) is 15.0. The smallest absolute Gasteiger partial charge is 0.239 e. The van der Waals surface area contributed by atoms with Crippen LogP contribution in [0.4, 0.5) is 0 Å². The number of carbonyl (C=O) groups is 1. The second kappa shape index (κ2) is 5.82. The van der Waals surface area contributed by atoms with Crippen molar-refractivity contribution in [3.8, 4) is 0 Å². The number of rotatable bonds is 2. The van der Waals surface area contributed by atoms with Crippen molar-refractivity contribution in [1.29, 1.82) is 0 Å². The molecular formula is C16H28N2O. The van der Waals surface area contributed by atoms with Gasteiger partial charge in [-0.3, -0.25) is 4.79 Å². The minimum Gasteiger partial charge on any atom is -0.338 e. The van der Waals surface area contributed by atoms with Crippen LogP contribution in [0.15, 0.2) is 0 Å². The maximum atomic E-state index is 12.8. The van der Waals surface area contributed by atoms with Gasteiger partial charge in [-0.15, -0.1) is 0 Å². The second-order valence-corrected chi connectivity index (χ2v) is 6.92. The maximum absolute atomic E-state index is 12.8. The third kappa shape index (κ3) is 2.81. The molecule has 0 radical (unpaired) electrons. The highest BCUT2D eigenvalue weighted by Gasteiger charge is 2.38. The standard InChI is InChI=1S/C16H28N2O/c1-12-8-9-17-14(11-12)16(19)18-10-4-7-15(18)13-5-2-3-6-13/h12-15,17H,2-11H2,1H3. The number of nitrogens with zero attached hydrogens (tertiary/aromatic N) is 1. The number of amides is 1. The Bertz CT molecular complexity index is 325. The highest BCUT2D eigenvalue weighted by Crippen LogP contribution is 2.36. The Balaban J connectivity index is 1.64. The molecule has 108 valence electrons. The molecule has 0 spiro atoms. The zero-order valence-electron chi connectivity index (χ0n) is 12.2. The number of piperidine rings is 1. The van der Waals surface area contributed by atoms with E-state index in [4.69, 9.17) is 0 Å². The highest BCUT2D eigenvalue weighted by atomic mass is 16.2. The predicted molar refractivity (Wildman–Crippen MR) is 76.9 cm³/mol. The van der Waals surface area contributed by atoms with Gasteiger partial charge in [-0.05, 0) is 56.9 Å². The molecule has 2 aliphatic heterocycles. The first-order valence-electron chi connectivity index (χ1n) is 8.29. The van der Waals surface area contributed by atoms with E-state index in [-0.39, 0.29) is 6.04 Å². The lowest BCUT2D eigenvalue weighted by molar-refractivity contribution is -0.136. The van der Waals surface area contributed by atoms with Crippen LogP contribution >= 0.6 is 0 Å². The zero-order chi connectivity index (χ0) is 13.2. The summed E-state index contributed by atoms with van der Waals surface area (Å²) in [5.74, 6) is 1.90. The molecule has 1 saturated carbocycles. The molecule has 1 aliphatic carbocycles. The molecule has 3 aliphatic rings. The number of hydrogen-bond acceptors (Lipinski definition) is 2. The molecule has 3 heteroatoms. The van der Waals surface area contributed by atoms with Crippen LogP contribution in [0, 0.1) is 11.8 Å². The quantitative estimate of drug-likeness (QED) is 0.831. The summed E-state index contributed by atoms with van der Waals surface area (Å²) in [5, 5.41) is 3.45. The van der Waals surface area contributed by atoms with Crippen molar-refractivity contribution in [2.75, 3.05) is 13.1 Å². The van der Waals surface area contributed by atoms with Crippen molar-refractivity contribution < 1.29 is 4.79 Å². The van der Waals surface area contributed by atoms with Gasteiger partial charge in [0.25, 0.3) is 0 Å². The fraction of sp³-hybridized carbons (Fsp3) is 0.938.